The highest BCUT2D eigenvalue weighted by atomic mass is 35.5. The molecule has 1 unspecified atom stereocenters. The van der Waals surface area contributed by atoms with Crippen LogP contribution in [0.4, 0.5) is 0 Å². The standard InChI is InChI=1S/C14H17Cl3/c15-11-6-8-14(17)12(9-11)13(16)7-5-10-3-1-2-4-10/h6,8-10,13H,1-5,7H2. The Morgan fingerprint density at radius 3 is 2.59 bits per heavy atom. The van der Waals surface area contributed by atoms with E-state index in [0.29, 0.717) is 5.02 Å². The topological polar surface area (TPSA) is 0 Å². The molecule has 17 heavy (non-hydrogen) atoms. The van der Waals surface area contributed by atoms with Crippen LogP contribution in [0.3, 0.4) is 0 Å². The molecular weight excluding hydrogens is 275 g/mol. The fourth-order valence-electron chi connectivity index (χ4n) is 2.59. The second-order valence-corrected chi connectivity index (χ2v) is 6.23. The number of alkyl halides is 1. The third-order valence-electron chi connectivity index (χ3n) is 3.60. The largest absolute Gasteiger partial charge is 0.118 e. The Morgan fingerprint density at radius 1 is 1.18 bits per heavy atom. The summed E-state index contributed by atoms with van der Waals surface area (Å²) >= 11 is 18.5. The number of hydrogen-bond donors (Lipinski definition) is 0. The average Bonchev–Trinajstić information content (AvgIpc) is 2.82. The molecule has 0 saturated heterocycles. The minimum absolute atomic E-state index is 0.0122. The summed E-state index contributed by atoms with van der Waals surface area (Å²) in [6.07, 6.45) is 7.70. The number of hydrogen-bond acceptors (Lipinski definition) is 0. The van der Waals surface area contributed by atoms with E-state index in [-0.39, 0.29) is 5.38 Å². The van der Waals surface area contributed by atoms with Crippen LogP contribution in [0.1, 0.15) is 49.5 Å². The Kier molecular flexibility index (Phi) is 5.02. The molecule has 0 aromatic heterocycles. The Morgan fingerprint density at radius 2 is 1.88 bits per heavy atom. The lowest BCUT2D eigenvalue weighted by molar-refractivity contribution is 0.480. The van der Waals surface area contributed by atoms with Crippen LogP contribution in [0.15, 0.2) is 18.2 Å². The quantitative estimate of drug-likeness (QED) is 0.576. The van der Waals surface area contributed by atoms with Gasteiger partial charge in [-0.3, -0.25) is 0 Å². The third-order valence-corrected chi connectivity index (χ3v) is 4.63. The van der Waals surface area contributed by atoms with Crippen molar-refractivity contribution in [3.63, 3.8) is 0 Å². The zero-order valence-corrected chi connectivity index (χ0v) is 12.0. The molecule has 1 aromatic carbocycles. The van der Waals surface area contributed by atoms with Crippen molar-refractivity contribution in [1.29, 1.82) is 0 Å². The molecule has 1 fully saturated rings. The molecule has 0 heterocycles. The Labute approximate surface area is 118 Å². The van der Waals surface area contributed by atoms with Crippen molar-refractivity contribution in [1.82, 2.24) is 0 Å². The fraction of sp³-hybridized carbons (Fsp3) is 0.571. The predicted molar refractivity (Wildman–Crippen MR) is 76.2 cm³/mol. The van der Waals surface area contributed by atoms with Gasteiger partial charge < -0.3 is 0 Å². The molecule has 1 atom stereocenters. The molecule has 1 aliphatic rings. The molecule has 1 aromatic rings. The summed E-state index contributed by atoms with van der Waals surface area (Å²) in [4.78, 5) is 0. The van der Waals surface area contributed by atoms with Crippen LogP contribution in [0, 0.1) is 5.92 Å². The number of rotatable bonds is 4. The van der Waals surface area contributed by atoms with Gasteiger partial charge in [0.05, 0.1) is 5.38 Å². The monoisotopic (exact) mass is 290 g/mol. The first-order valence-electron chi connectivity index (χ1n) is 6.26. The third kappa shape index (κ3) is 3.77. The minimum atomic E-state index is -0.0122. The Balaban J connectivity index is 1.93. The van der Waals surface area contributed by atoms with Crippen molar-refractivity contribution in [3.8, 4) is 0 Å². The highest BCUT2D eigenvalue weighted by Crippen LogP contribution is 2.37. The molecule has 0 spiro atoms. The Bertz CT molecular complexity index is 370. The Hall–Kier alpha value is 0.0900. The van der Waals surface area contributed by atoms with Crippen molar-refractivity contribution >= 4 is 34.8 Å². The lowest BCUT2D eigenvalue weighted by Gasteiger charge is -2.14. The van der Waals surface area contributed by atoms with Crippen molar-refractivity contribution < 1.29 is 0 Å². The summed E-state index contributed by atoms with van der Waals surface area (Å²) < 4.78 is 0. The second-order valence-electron chi connectivity index (χ2n) is 4.86. The molecule has 0 amide bonds. The van der Waals surface area contributed by atoms with Gasteiger partial charge in [0.2, 0.25) is 0 Å². The van der Waals surface area contributed by atoms with Crippen molar-refractivity contribution in [2.45, 2.75) is 43.9 Å². The summed E-state index contributed by atoms with van der Waals surface area (Å²) in [7, 11) is 0. The van der Waals surface area contributed by atoms with E-state index in [2.05, 4.69) is 0 Å². The van der Waals surface area contributed by atoms with Gasteiger partial charge in [-0.1, -0.05) is 48.9 Å². The first-order chi connectivity index (χ1) is 8.16. The average molecular weight is 292 g/mol. The maximum absolute atomic E-state index is 6.42. The van der Waals surface area contributed by atoms with E-state index in [1.807, 2.05) is 12.1 Å². The van der Waals surface area contributed by atoms with E-state index < -0.39 is 0 Å². The zero-order chi connectivity index (χ0) is 12.3. The summed E-state index contributed by atoms with van der Waals surface area (Å²) in [5.74, 6) is 0.870. The normalized spacial score (nSPS) is 18.5. The second kappa shape index (κ2) is 6.31. The lowest BCUT2D eigenvalue weighted by atomic mass is 9.98. The molecule has 94 valence electrons. The zero-order valence-electron chi connectivity index (χ0n) is 9.76. The van der Waals surface area contributed by atoms with Crippen molar-refractivity contribution in [3.05, 3.63) is 33.8 Å². The van der Waals surface area contributed by atoms with E-state index in [0.717, 1.165) is 22.9 Å². The molecule has 0 N–H and O–H groups in total. The molecule has 0 nitrogen and oxygen atoms in total. The molecule has 2 rings (SSSR count). The SMILES string of the molecule is Clc1ccc(Cl)c(C(Cl)CCC2CCCC2)c1. The van der Waals surface area contributed by atoms with E-state index in [1.165, 1.54) is 32.1 Å². The van der Waals surface area contributed by atoms with E-state index >= 15 is 0 Å². The summed E-state index contributed by atoms with van der Waals surface area (Å²) in [5, 5.41) is 1.42. The van der Waals surface area contributed by atoms with Gasteiger partial charge in [0.25, 0.3) is 0 Å². The summed E-state index contributed by atoms with van der Waals surface area (Å²) in [6, 6.07) is 5.51. The summed E-state index contributed by atoms with van der Waals surface area (Å²) in [6.45, 7) is 0. The molecule has 0 aliphatic heterocycles. The van der Waals surface area contributed by atoms with Gasteiger partial charge in [0.15, 0.2) is 0 Å². The van der Waals surface area contributed by atoms with Crippen LogP contribution in [-0.4, -0.2) is 0 Å². The van der Waals surface area contributed by atoms with Crippen LogP contribution in [-0.2, 0) is 0 Å². The maximum atomic E-state index is 6.42. The van der Waals surface area contributed by atoms with Gasteiger partial charge in [0, 0.05) is 10.0 Å². The lowest BCUT2D eigenvalue weighted by Crippen LogP contribution is -1.98. The van der Waals surface area contributed by atoms with Crippen molar-refractivity contribution in [2.75, 3.05) is 0 Å². The molecule has 0 radical (unpaired) electrons. The molecule has 3 heteroatoms. The van der Waals surface area contributed by atoms with Crippen molar-refractivity contribution in [2.24, 2.45) is 5.92 Å². The van der Waals surface area contributed by atoms with Gasteiger partial charge in [-0.15, -0.1) is 11.6 Å². The van der Waals surface area contributed by atoms with Crippen LogP contribution in [0.25, 0.3) is 0 Å². The molecule has 1 aliphatic carbocycles. The van der Waals surface area contributed by atoms with Gasteiger partial charge in [-0.25, -0.2) is 0 Å². The summed E-state index contributed by atoms with van der Waals surface area (Å²) in [5.41, 5.74) is 0.971. The van der Waals surface area contributed by atoms with Crippen LogP contribution >= 0.6 is 34.8 Å². The molecular formula is C14H17Cl3. The van der Waals surface area contributed by atoms with Gasteiger partial charge in [-0.05, 0) is 42.5 Å². The minimum Gasteiger partial charge on any atom is -0.118 e. The highest BCUT2D eigenvalue weighted by Gasteiger charge is 2.18. The van der Waals surface area contributed by atoms with E-state index in [9.17, 15) is 0 Å². The van der Waals surface area contributed by atoms with E-state index in [4.69, 9.17) is 34.8 Å². The molecule has 0 bridgehead atoms. The smallest absolute Gasteiger partial charge is 0.0600 e. The van der Waals surface area contributed by atoms with Gasteiger partial charge >= 0.3 is 0 Å². The highest BCUT2D eigenvalue weighted by molar-refractivity contribution is 6.34. The first kappa shape index (κ1) is 13.5. The van der Waals surface area contributed by atoms with Gasteiger partial charge in [-0.2, -0.15) is 0 Å². The number of benzene rings is 1. The maximum Gasteiger partial charge on any atom is 0.0600 e. The van der Waals surface area contributed by atoms with Crippen LogP contribution < -0.4 is 0 Å². The van der Waals surface area contributed by atoms with E-state index in [1.54, 1.807) is 6.07 Å². The molecule has 1 saturated carbocycles. The predicted octanol–water partition coefficient (Wildman–Crippen LogP) is 6.24. The first-order valence-corrected chi connectivity index (χ1v) is 7.45. The number of halogens is 3. The van der Waals surface area contributed by atoms with Crippen LogP contribution in [0.5, 0.6) is 0 Å². The van der Waals surface area contributed by atoms with Crippen LogP contribution in [0.2, 0.25) is 10.0 Å². The van der Waals surface area contributed by atoms with Gasteiger partial charge in [0.1, 0.15) is 0 Å². The fourth-order valence-corrected chi connectivity index (χ4v) is 3.38.